The molecular weight excluding hydrogens is 397 g/mol. The molecule has 0 saturated carbocycles. The van der Waals surface area contributed by atoms with Gasteiger partial charge in [0.05, 0.1) is 6.54 Å². The number of halogens is 1. The Balaban J connectivity index is 1.69. The molecule has 158 valence electrons. The Hall–Kier alpha value is -3.68. The third kappa shape index (κ3) is 2.90. The normalized spacial score (nSPS) is 13.2. The van der Waals surface area contributed by atoms with Gasteiger partial charge in [0.25, 0.3) is 5.56 Å². The van der Waals surface area contributed by atoms with E-state index in [2.05, 4.69) is 22.0 Å². The van der Waals surface area contributed by atoms with Gasteiger partial charge in [-0.25, -0.2) is 9.18 Å². The van der Waals surface area contributed by atoms with Gasteiger partial charge >= 0.3 is 5.69 Å². The minimum absolute atomic E-state index is 0.130. The second-order valence-electron chi connectivity index (χ2n) is 8.00. The van der Waals surface area contributed by atoms with Gasteiger partial charge in [-0.05, 0) is 31.5 Å². The van der Waals surface area contributed by atoms with E-state index in [1.165, 1.54) is 16.2 Å². The van der Waals surface area contributed by atoms with Crippen LogP contribution >= 0.6 is 0 Å². The number of imidazole rings is 1. The molecule has 0 radical (unpaired) electrons. The van der Waals surface area contributed by atoms with Crippen LogP contribution in [0.4, 0.5) is 16.0 Å². The van der Waals surface area contributed by atoms with Crippen molar-refractivity contribution in [3.05, 3.63) is 85.8 Å². The minimum Gasteiger partial charge on any atom is -0.310 e. The molecule has 0 aliphatic carbocycles. The zero-order valence-corrected chi connectivity index (χ0v) is 17.6. The molecule has 4 aromatic rings. The molecule has 0 N–H and O–H groups in total. The second-order valence-corrected chi connectivity index (χ2v) is 8.00. The van der Waals surface area contributed by atoms with E-state index in [0.29, 0.717) is 35.8 Å². The molecule has 2 aromatic heterocycles. The van der Waals surface area contributed by atoms with Crippen molar-refractivity contribution < 1.29 is 4.39 Å². The second kappa shape index (κ2) is 6.94. The van der Waals surface area contributed by atoms with Gasteiger partial charge < -0.3 is 9.47 Å². The quantitative estimate of drug-likeness (QED) is 0.512. The molecule has 0 spiro atoms. The van der Waals surface area contributed by atoms with Gasteiger partial charge in [-0.15, -0.1) is 0 Å². The smallest absolute Gasteiger partial charge is 0.310 e. The standard InChI is InChI=1S/C23H22FN5O2/c1-14-8-9-18(15(2)12-14)27-10-11-28-19-20(25-22(27)28)26(3)23(31)29(21(19)30)13-16-6-4-5-7-17(16)24/h4-9,12H,10-11,13H2,1-3H3. The van der Waals surface area contributed by atoms with Gasteiger partial charge in [0.1, 0.15) is 5.82 Å². The van der Waals surface area contributed by atoms with Crippen LogP contribution in [0.1, 0.15) is 16.7 Å². The van der Waals surface area contributed by atoms with Crippen LogP contribution in [0.25, 0.3) is 11.2 Å². The van der Waals surface area contributed by atoms with E-state index in [1.807, 2.05) is 24.5 Å². The van der Waals surface area contributed by atoms with Crippen LogP contribution in [-0.4, -0.2) is 25.2 Å². The lowest BCUT2D eigenvalue weighted by atomic mass is 10.1. The fourth-order valence-corrected chi connectivity index (χ4v) is 4.35. The van der Waals surface area contributed by atoms with Gasteiger partial charge in [-0.1, -0.05) is 35.9 Å². The van der Waals surface area contributed by atoms with Crippen molar-refractivity contribution >= 4 is 22.8 Å². The highest BCUT2D eigenvalue weighted by Gasteiger charge is 2.29. The van der Waals surface area contributed by atoms with Crippen molar-refractivity contribution in [1.29, 1.82) is 0 Å². The van der Waals surface area contributed by atoms with Crippen molar-refractivity contribution in [2.75, 3.05) is 11.4 Å². The molecule has 3 heterocycles. The predicted molar refractivity (Wildman–Crippen MR) is 118 cm³/mol. The molecule has 0 bridgehead atoms. The van der Waals surface area contributed by atoms with E-state index in [-0.39, 0.29) is 6.54 Å². The Morgan fingerprint density at radius 3 is 2.58 bits per heavy atom. The maximum atomic E-state index is 14.2. The lowest BCUT2D eigenvalue weighted by Crippen LogP contribution is -2.40. The fraction of sp³-hybridized carbons (Fsp3) is 0.261. The number of hydrogen-bond donors (Lipinski definition) is 0. The van der Waals surface area contributed by atoms with E-state index in [1.54, 1.807) is 25.2 Å². The summed E-state index contributed by atoms with van der Waals surface area (Å²) in [7, 11) is 1.59. The summed E-state index contributed by atoms with van der Waals surface area (Å²) in [5, 5.41) is 0. The molecule has 0 atom stereocenters. The Bertz CT molecular complexity index is 1460. The largest absolute Gasteiger partial charge is 0.332 e. The van der Waals surface area contributed by atoms with Gasteiger partial charge in [-0.3, -0.25) is 13.9 Å². The molecule has 0 fully saturated rings. The maximum Gasteiger partial charge on any atom is 0.332 e. The van der Waals surface area contributed by atoms with Crippen molar-refractivity contribution in [1.82, 2.24) is 18.7 Å². The number of nitrogens with zero attached hydrogens (tertiary/aromatic N) is 5. The number of hydrogen-bond acceptors (Lipinski definition) is 4. The molecular formula is C23H22FN5O2. The number of fused-ring (bicyclic) bond motifs is 3. The first-order chi connectivity index (χ1) is 14.9. The van der Waals surface area contributed by atoms with E-state index in [9.17, 15) is 14.0 Å². The number of benzene rings is 2. The lowest BCUT2D eigenvalue weighted by Gasteiger charge is -2.19. The predicted octanol–water partition coefficient (Wildman–Crippen LogP) is 2.85. The molecule has 5 rings (SSSR count). The minimum atomic E-state index is -0.518. The zero-order chi connectivity index (χ0) is 21.9. The molecule has 0 unspecified atom stereocenters. The summed E-state index contributed by atoms with van der Waals surface area (Å²) in [6.07, 6.45) is 0. The monoisotopic (exact) mass is 419 g/mol. The first-order valence-corrected chi connectivity index (χ1v) is 10.1. The van der Waals surface area contributed by atoms with Crippen LogP contribution < -0.4 is 16.1 Å². The summed E-state index contributed by atoms with van der Waals surface area (Å²) in [5.74, 6) is 0.189. The molecule has 31 heavy (non-hydrogen) atoms. The van der Waals surface area contributed by atoms with Crippen LogP contribution in [0, 0.1) is 19.7 Å². The van der Waals surface area contributed by atoms with E-state index in [0.717, 1.165) is 15.8 Å². The zero-order valence-electron chi connectivity index (χ0n) is 17.6. The van der Waals surface area contributed by atoms with E-state index in [4.69, 9.17) is 0 Å². The van der Waals surface area contributed by atoms with Crippen LogP contribution in [0.15, 0.2) is 52.1 Å². The van der Waals surface area contributed by atoms with Crippen molar-refractivity contribution in [2.45, 2.75) is 26.9 Å². The molecule has 2 aromatic carbocycles. The number of aryl methyl sites for hydroxylation is 3. The van der Waals surface area contributed by atoms with E-state index < -0.39 is 17.1 Å². The highest BCUT2D eigenvalue weighted by Crippen LogP contribution is 2.33. The maximum absolute atomic E-state index is 14.2. The summed E-state index contributed by atoms with van der Waals surface area (Å²) < 4.78 is 18.5. The molecule has 1 aliphatic heterocycles. The van der Waals surface area contributed by atoms with Gasteiger partial charge in [0.15, 0.2) is 11.2 Å². The van der Waals surface area contributed by atoms with Crippen molar-refractivity contribution in [2.24, 2.45) is 7.05 Å². The van der Waals surface area contributed by atoms with Crippen LogP contribution in [0.3, 0.4) is 0 Å². The average molecular weight is 419 g/mol. The number of aromatic nitrogens is 4. The summed E-state index contributed by atoms with van der Waals surface area (Å²) >= 11 is 0. The molecule has 8 heteroatoms. The van der Waals surface area contributed by atoms with Crippen LogP contribution in [0.5, 0.6) is 0 Å². The van der Waals surface area contributed by atoms with Gasteiger partial charge in [0, 0.05) is 31.4 Å². The molecule has 7 nitrogen and oxygen atoms in total. The SMILES string of the molecule is Cc1ccc(N2CCn3c2nc2c3c(=O)n(Cc3ccccc3F)c(=O)n2C)c(C)c1. The highest BCUT2D eigenvalue weighted by molar-refractivity contribution is 5.78. The summed E-state index contributed by atoms with van der Waals surface area (Å²) in [6.45, 7) is 5.22. The Labute approximate surface area is 177 Å². The third-order valence-corrected chi connectivity index (χ3v) is 5.93. The Morgan fingerprint density at radius 2 is 1.84 bits per heavy atom. The Kier molecular flexibility index (Phi) is 4.32. The van der Waals surface area contributed by atoms with Crippen LogP contribution in [0.2, 0.25) is 0 Å². The van der Waals surface area contributed by atoms with Crippen LogP contribution in [-0.2, 0) is 20.1 Å². The summed E-state index contributed by atoms with van der Waals surface area (Å²) in [4.78, 5) is 33.0. The molecule has 0 saturated heterocycles. The first-order valence-electron chi connectivity index (χ1n) is 10.1. The molecule has 0 amide bonds. The van der Waals surface area contributed by atoms with Crippen molar-refractivity contribution in [3.8, 4) is 0 Å². The average Bonchev–Trinajstić information content (AvgIpc) is 3.31. The van der Waals surface area contributed by atoms with Gasteiger partial charge in [0.2, 0.25) is 5.95 Å². The number of anilines is 2. The number of rotatable bonds is 3. The third-order valence-electron chi connectivity index (χ3n) is 5.93. The highest BCUT2D eigenvalue weighted by atomic mass is 19.1. The first kappa shape index (κ1) is 19.3. The topological polar surface area (TPSA) is 65.1 Å². The lowest BCUT2D eigenvalue weighted by molar-refractivity contribution is 0.582. The summed E-state index contributed by atoms with van der Waals surface area (Å²) in [5.41, 5.74) is 3.33. The fourth-order valence-electron chi connectivity index (χ4n) is 4.35. The van der Waals surface area contributed by atoms with E-state index >= 15 is 0 Å². The van der Waals surface area contributed by atoms with Crippen molar-refractivity contribution in [3.63, 3.8) is 0 Å². The Morgan fingerprint density at radius 1 is 1.06 bits per heavy atom. The summed E-state index contributed by atoms with van der Waals surface area (Å²) in [6, 6.07) is 12.4. The van der Waals surface area contributed by atoms with Gasteiger partial charge in [-0.2, -0.15) is 4.98 Å². The molecule has 1 aliphatic rings.